The van der Waals surface area contributed by atoms with Crippen molar-refractivity contribution in [1.82, 2.24) is 42.5 Å². The van der Waals surface area contributed by atoms with Gasteiger partial charge in [-0.1, -0.05) is 16.7 Å². The van der Waals surface area contributed by atoms with Crippen LogP contribution < -0.4 is 48.3 Å². The van der Waals surface area contributed by atoms with E-state index in [9.17, 15) is 53.6 Å². The van der Waals surface area contributed by atoms with E-state index in [-0.39, 0.29) is 186 Å². The van der Waals surface area contributed by atoms with Gasteiger partial charge in [-0.05, 0) is 74.1 Å². The van der Waals surface area contributed by atoms with Gasteiger partial charge in [0.05, 0.1) is 108 Å². The van der Waals surface area contributed by atoms with Gasteiger partial charge in [-0.2, -0.15) is 0 Å². The number of oxime groups is 2. The molecule has 85 heavy (non-hydrogen) atoms. The molecule has 0 aromatic heterocycles. The summed E-state index contributed by atoms with van der Waals surface area (Å²) in [6.45, 7) is 16.4. The first-order chi connectivity index (χ1) is 40.5. The number of carbonyl (C=O) groups is 9. The van der Waals surface area contributed by atoms with Crippen molar-refractivity contribution in [3.05, 3.63) is 0 Å². The SMILES string of the molecule is CC(=O)COCCOCCNC(=O)COCCOCCNC(=O)CCCC(=O)NCCOCCOCC(=O)NCCOCCOCC(=O)C[C@@H](CCCCNC(=O)CCCC(=O)NC(CNC(C)(C)/C(C)=N/O)CNC(C)(C)/C(C)=N/O)C(N)=O.[HH]. The quantitative estimate of drug-likeness (QED) is 0.0151. The standard InChI is InChI=1S/C55H101N11O19.H2/c1-41(67)37-82-30-26-80-24-20-60-51(73)39-84-32-28-78-22-18-58-48(70)13-10-14-49(71)59-19-23-79-29-33-85-40-52(74)61-21-25-81-27-31-83-38-46(68)34-44(53(56)75)12-8-9-17-57-47(69)15-11-16-50(72)64-45(35-62-54(4,5)42(2)65-76)36-63-55(6,7)43(3)66-77;/h44-45,62-63,76-77H,8-40H2,1-7H3,(H2,56,75)(H,57,69)(H,58,70)(H,59,71)(H,60,73)(H,61,74)(H,64,72);1H/b65-42+,66-43+;/t44-;/m1./s1. The first-order valence-corrected chi connectivity index (χ1v) is 29.0. The van der Waals surface area contributed by atoms with E-state index < -0.39 is 28.9 Å². The lowest BCUT2D eigenvalue weighted by Gasteiger charge is -2.32. The van der Waals surface area contributed by atoms with Gasteiger partial charge in [0.15, 0.2) is 11.6 Å². The maximum atomic E-state index is 12.9. The molecule has 0 heterocycles. The Balaban J connectivity index is 0. The number of nitrogens with two attached hydrogens (primary N) is 1. The summed E-state index contributed by atoms with van der Waals surface area (Å²) in [6.07, 6.45) is 2.59. The fourth-order valence-electron chi connectivity index (χ4n) is 7.01. The molecule has 0 rings (SSSR count). The minimum atomic E-state index is -0.689. The van der Waals surface area contributed by atoms with Crippen LogP contribution in [0, 0.1) is 5.92 Å². The molecule has 0 aromatic rings. The van der Waals surface area contributed by atoms with Crippen molar-refractivity contribution in [3.8, 4) is 0 Å². The zero-order valence-corrected chi connectivity index (χ0v) is 51.3. The number of unbranched alkanes of at least 4 members (excludes halogenated alkanes) is 1. The Bertz CT molecular complexity index is 1970. The second-order valence-corrected chi connectivity index (χ2v) is 20.8. The molecule has 30 nitrogen and oxygen atoms in total. The lowest BCUT2D eigenvalue weighted by Crippen LogP contribution is -2.57. The Morgan fingerprint density at radius 2 is 0.800 bits per heavy atom. The molecule has 0 saturated heterocycles. The summed E-state index contributed by atoms with van der Waals surface area (Å²) < 4.78 is 42.5. The second-order valence-electron chi connectivity index (χ2n) is 20.8. The number of ketones is 2. The minimum absolute atomic E-state index is 0. The fourth-order valence-corrected chi connectivity index (χ4v) is 7.01. The van der Waals surface area contributed by atoms with Crippen LogP contribution in [0.5, 0.6) is 0 Å². The number of hydrogen-bond acceptors (Lipinski definition) is 23. The second kappa shape index (κ2) is 50.3. The van der Waals surface area contributed by atoms with Gasteiger partial charge in [0.25, 0.3) is 0 Å². The van der Waals surface area contributed by atoms with E-state index in [1.165, 1.54) is 6.92 Å². The van der Waals surface area contributed by atoms with Crippen LogP contribution in [0.15, 0.2) is 10.3 Å². The molecule has 0 spiro atoms. The number of primary amides is 1. The zero-order valence-electron chi connectivity index (χ0n) is 51.3. The number of nitrogens with zero attached hydrogens (tertiary/aromatic N) is 2. The Labute approximate surface area is 501 Å². The van der Waals surface area contributed by atoms with Crippen molar-refractivity contribution < 1.29 is 92.9 Å². The molecule has 0 aromatic carbocycles. The third-order valence-corrected chi connectivity index (χ3v) is 12.6. The average molecular weight is 1220 g/mol. The minimum Gasteiger partial charge on any atom is -0.411 e. The summed E-state index contributed by atoms with van der Waals surface area (Å²) in [5.41, 5.74) is 5.17. The number of rotatable bonds is 57. The topological polar surface area (TPSA) is 415 Å². The predicted octanol–water partition coefficient (Wildman–Crippen LogP) is -0.972. The van der Waals surface area contributed by atoms with Crippen LogP contribution >= 0.6 is 0 Å². The Morgan fingerprint density at radius 1 is 0.447 bits per heavy atom. The van der Waals surface area contributed by atoms with Crippen LogP contribution in [0.2, 0.25) is 0 Å². The maximum absolute atomic E-state index is 12.9. The highest BCUT2D eigenvalue weighted by Crippen LogP contribution is 2.14. The Kier molecular flexibility index (Phi) is 46.9. The van der Waals surface area contributed by atoms with Crippen LogP contribution in [0.1, 0.15) is 114 Å². The third-order valence-electron chi connectivity index (χ3n) is 12.6. The monoisotopic (exact) mass is 1220 g/mol. The van der Waals surface area contributed by atoms with Gasteiger partial charge < -0.3 is 96.6 Å². The number of amides is 7. The predicted molar refractivity (Wildman–Crippen MR) is 314 cm³/mol. The van der Waals surface area contributed by atoms with Crippen molar-refractivity contribution in [2.24, 2.45) is 22.0 Å². The molecule has 1 atom stereocenters. The van der Waals surface area contributed by atoms with Crippen molar-refractivity contribution in [2.45, 2.75) is 130 Å². The molecule has 0 unspecified atom stereocenters. The molecule has 0 aliphatic carbocycles. The molecular formula is C55H103N11O19. The molecule has 0 radical (unpaired) electrons. The largest absolute Gasteiger partial charge is 0.411 e. The summed E-state index contributed by atoms with van der Waals surface area (Å²) in [6, 6.07) is -0.396. The van der Waals surface area contributed by atoms with Gasteiger partial charge in [0, 0.05) is 85.3 Å². The molecular weight excluding hydrogens is 1120 g/mol. The van der Waals surface area contributed by atoms with Crippen molar-refractivity contribution in [2.75, 3.05) is 152 Å². The van der Waals surface area contributed by atoms with Gasteiger partial charge in [0.1, 0.15) is 26.4 Å². The van der Waals surface area contributed by atoms with E-state index in [2.05, 4.69) is 52.8 Å². The lowest BCUT2D eigenvalue weighted by atomic mass is 9.95. The molecule has 492 valence electrons. The van der Waals surface area contributed by atoms with Gasteiger partial charge in [-0.3, -0.25) is 43.2 Å². The highest BCUT2D eigenvalue weighted by atomic mass is 16.5. The molecule has 0 aliphatic rings. The number of ether oxygens (including phenoxy) is 8. The van der Waals surface area contributed by atoms with E-state index >= 15 is 0 Å². The van der Waals surface area contributed by atoms with Crippen LogP contribution in [0.4, 0.5) is 0 Å². The van der Waals surface area contributed by atoms with Gasteiger partial charge >= 0.3 is 0 Å². The smallest absolute Gasteiger partial charge is 0.246 e. The van der Waals surface area contributed by atoms with Crippen LogP contribution in [-0.4, -0.2) is 243 Å². The third kappa shape index (κ3) is 47.1. The Morgan fingerprint density at radius 3 is 1.19 bits per heavy atom. The zero-order chi connectivity index (χ0) is 63.6. The lowest BCUT2D eigenvalue weighted by molar-refractivity contribution is -0.130. The highest BCUT2D eigenvalue weighted by molar-refractivity contribution is 5.91. The summed E-state index contributed by atoms with van der Waals surface area (Å²) in [7, 11) is 0. The number of nitrogens with one attached hydrogen (secondary N) is 8. The van der Waals surface area contributed by atoms with Gasteiger partial charge in [-0.15, -0.1) is 0 Å². The van der Waals surface area contributed by atoms with Crippen molar-refractivity contribution in [3.63, 3.8) is 0 Å². The molecule has 0 fully saturated rings. The molecule has 0 bridgehead atoms. The van der Waals surface area contributed by atoms with E-state index in [0.29, 0.717) is 89.5 Å². The van der Waals surface area contributed by atoms with E-state index in [1.54, 1.807) is 13.8 Å². The van der Waals surface area contributed by atoms with Crippen LogP contribution in [0.3, 0.4) is 0 Å². The van der Waals surface area contributed by atoms with E-state index in [0.717, 1.165) is 0 Å². The van der Waals surface area contributed by atoms with Crippen molar-refractivity contribution >= 4 is 64.3 Å². The number of hydrogen-bond donors (Lipinski definition) is 11. The van der Waals surface area contributed by atoms with E-state index in [1.807, 2.05) is 27.7 Å². The summed E-state index contributed by atoms with van der Waals surface area (Å²) in [5.74, 6) is -3.21. The van der Waals surface area contributed by atoms with E-state index in [4.69, 9.17) is 43.6 Å². The van der Waals surface area contributed by atoms with Crippen LogP contribution in [-0.2, 0) is 81.0 Å². The molecule has 0 saturated carbocycles. The van der Waals surface area contributed by atoms with Crippen LogP contribution in [0.25, 0.3) is 0 Å². The molecule has 30 heteroatoms. The number of Topliss-reactive ketones (excluding diaryl/α,β-unsaturated/α-hetero) is 2. The first kappa shape index (κ1) is 79.2. The summed E-state index contributed by atoms with van der Waals surface area (Å²) in [4.78, 5) is 109. The molecule has 0 aliphatic heterocycles. The summed E-state index contributed by atoms with van der Waals surface area (Å²) >= 11 is 0. The average Bonchev–Trinajstić information content (AvgIpc) is 3.61. The van der Waals surface area contributed by atoms with Gasteiger partial charge in [-0.25, -0.2) is 0 Å². The highest BCUT2D eigenvalue weighted by Gasteiger charge is 2.27. The van der Waals surface area contributed by atoms with Gasteiger partial charge in [0.2, 0.25) is 41.4 Å². The Hall–Kier alpha value is -5.83. The normalized spacial score (nSPS) is 12.4. The fraction of sp³-hybridized carbons (Fsp3) is 0.800. The number of carbonyl (C=O) groups excluding carboxylic acids is 9. The van der Waals surface area contributed by atoms with Crippen molar-refractivity contribution in [1.29, 1.82) is 0 Å². The molecule has 12 N–H and O–H groups in total. The maximum Gasteiger partial charge on any atom is 0.246 e. The molecule has 7 amide bonds. The first-order valence-electron chi connectivity index (χ1n) is 29.0. The summed E-state index contributed by atoms with van der Waals surface area (Å²) in [5, 5.41) is 48.2.